The average molecular weight is 429 g/mol. The van der Waals surface area contributed by atoms with Crippen LogP contribution < -0.4 is 0 Å². The monoisotopic (exact) mass is 428 g/mol. The lowest BCUT2D eigenvalue weighted by Crippen LogP contribution is -2.09. The molecule has 0 saturated carbocycles. The van der Waals surface area contributed by atoms with E-state index in [0.717, 1.165) is 23.1 Å². The third kappa shape index (κ3) is 5.95. The number of benzene rings is 3. The lowest BCUT2D eigenvalue weighted by molar-refractivity contribution is -0.138. The average Bonchev–Trinajstić information content (AvgIpc) is 2.78. The van der Waals surface area contributed by atoms with Gasteiger partial charge in [-0.1, -0.05) is 72.8 Å². The van der Waals surface area contributed by atoms with Gasteiger partial charge in [-0.2, -0.15) is 0 Å². The van der Waals surface area contributed by atoms with Crippen molar-refractivity contribution >= 4 is 5.97 Å². The molecule has 0 radical (unpaired) electrons. The maximum atomic E-state index is 11.7. The largest absolute Gasteiger partial charge is 0.462 e. The normalized spacial score (nSPS) is 10.8. The number of rotatable bonds is 9. The number of esters is 1. The van der Waals surface area contributed by atoms with Crippen LogP contribution in [0.2, 0.25) is 0 Å². The van der Waals surface area contributed by atoms with Crippen molar-refractivity contribution in [2.45, 2.75) is 40.0 Å². The number of aryl methyl sites for hydroxylation is 3. The van der Waals surface area contributed by atoms with E-state index in [1.807, 2.05) is 0 Å². The lowest BCUT2D eigenvalue weighted by Gasteiger charge is -2.14. The summed E-state index contributed by atoms with van der Waals surface area (Å²) in [5.41, 5.74) is 9.97. The molecule has 0 fully saturated rings. The molecule has 0 aromatic heterocycles. The van der Waals surface area contributed by atoms with Crippen LogP contribution >= 0.6 is 0 Å². The summed E-state index contributed by atoms with van der Waals surface area (Å²) in [4.78, 5) is 11.7. The molecule has 0 heterocycles. The highest BCUT2D eigenvalue weighted by Crippen LogP contribution is 2.30. The van der Waals surface area contributed by atoms with Crippen LogP contribution in [0.4, 0.5) is 0 Å². The summed E-state index contributed by atoms with van der Waals surface area (Å²) >= 11 is 0. The molecule has 0 atom stereocenters. The van der Waals surface area contributed by atoms with Gasteiger partial charge in [-0.15, -0.1) is 0 Å². The Hall–Kier alpha value is -3.17. The van der Waals surface area contributed by atoms with Crippen LogP contribution in [0.3, 0.4) is 0 Å². The molecule has 3 heteroatoms. The van der Waals surface area contributed by atoms with E-state index >= 15 is 0 Å². The first-order valence-corrected chi connectivity index (χ1v) is 11.1. The lowest BCUT2D eigenvalue weighted by atomic mass is 9.92. The number of carbonyl (C=O) groups is 1. The third-order valence-corrected chi connectivity index (χ3v) is 5.69. The summed E-state index contributed by atoms with van der Waals surface area (Å²) < 4.78 is 5.32. The Kier molecular flexibility index (Phi) is 8.02. The molecule has 32 heavy (non-hydrogen) atoms. The highest BCUT2D eigenvalue weighted by atomic mass is 16.5. The second-order valence-electron chi connectivity index (χ2n) is 8.37. The molecule has 0 bridgehead atoms. The van der Waals surface area contributed by atoms with E-state index < -0.39 is 0 Å². The van der Waals surface area contributed by atoms with Crippen LogP contribution in [0.25, 0.3) is 22.3 Å². The van der Waals surface area contributed by atoms with Gasteiger partial charge in [0.25, 0.3) is 0 Å². The second-order valence-corrected chi connectivity index (χ2v) is 8.37. The third-order valence-electron chi connectivity index (χ3n) is 5.69. The van der Waals surface area contributed by atoms with E-state index in [2.05, 4.69) is 81.1 Å². The molecule has 0 saturated heterocycles. The Labute approximate surface area is 191 Å². The topological polar surface area (TPSA) is 46.5 Å². The van der Waals surface area contributed by atoms with Gasteiger partial charge in [0.2, 0.25) is 0 Å². The first-order valence-electron chi connectivity index (χ1n) is 11.1. The van der Waals surface area contributed by atoms with E-state index in [1.165, 1.54) is 27.8 Å². The molecule has 0 amide bonds. The predicted octanol–water partition coefficient (Wildman–Crippen LogP) is 6.22. The van der Waals surface area contributed by atoms with Crippen molar-refractivity contribution in [3.05, 3.63) is 95.1 Å². The zero-order valence-corrected chi connectivity index (χ0v) is 19.3. The van der Waals surface area contributed by atoms with Crippen LogP contribution in [0.1, 0.15) is 35.6 Å². The van der Waals surface area contributed by atoms with E-state index in [0.29, 0.717) is 25.0 Å². The number of carbonyl (C=O) groups excluding carboxylic acids is 1. The minimum Gasteiger partial charge on any atom is -0.462 e. The second kappa shape index (κ2) is 10.9. The molecule has 0 aliphatic carbocycles. The van der Waals surface area contributed by atoms with Gasteiger partial charge >= 0.3 is 5.97 Å². The Morgan fingerprint density at radius 2 is 1.53 bits per heavy atom. The van der Waals surface area contributed by atoms with Crippen LogP contribution in [-0.2, 0) is 22.4 Å². The molecule has 0 unspecified atom stereocenters. The SMILES string of the molecule is C=C(C)C(=O)OCCc1cc(-c2ccc(-c3ccc(C)cc3)c(C)c2)ccc1CCCO. The molecule has 1 N–H and O–H groups in total. The fourth-order valence-corrected chi connectivity index (χ4v) is 3.83. The van der Waals surface area contributed by atoms with Gasteiger partial charge in [-0.05, 0) is 72.6 Å². The molecular formula is C29H32O3. The zero-order chi connectivity index (χ0) is 23.1. The van der Waals surface area contributed by atoms with Crippen LogP contribution in [-0.4, -0.2) is 24.3 Å². The first kappa shape index (κ1) is 23.5. The first-order chi connectivity index (χ1) is 15.4. The zero-order valence-electron chi connectivity index (χ0n) is 19.3. The maximum absolute atomic E-state index is 11.7. The highest BCUT2D eigenvalue weighted by Gasteiger charge is 2.10. The number of hydrogen-bond acceptors (Lipinski definition) is 3. The quantitative estimate of drug-likeness (QED) is 0.325. The summed E-state index contributed by atoms with van der Waals surface area (Å²) in [5, 5.41) is 9.25. The van der Waals surface area contributed by atoms with Gasteiger partial charge in [-0.3, -0.25) is 0 Å². The van der Waals surface area contributed by atoms with Crippen LogP contribution in [0.5, 0.6) is 0 Å². The van der Waals surface area contributed by atoms with E-state index in [-0.39, 0.29) is 12.6 Å². The minimum absolute atomic E-state index is 0.158. The van der Waals surface area contributed by atoms with Crippen molar-refractivity contribution in [1.82, 2.24) is 0 Å². The Morgan fingerprint density at radius 1 is 0.875 bits per heavy atom. The fourth-order valence-electron chi connectivity index (χ4n) is 3.83. The fraction of sp³-hybridized carbons (Fsp3) is 0.276. The van der Waals surface area contributed by atoms with Crippen molar-refractivity contribution in [1.29, 1.82) is 0 Å². The predicted molar refractivity (Wildman–Crippen MR) is 132 cm³/mol. The molecule has 0 aliphatic rings. The van der Waals surface area contributed by atoms with Crippen molar-refractivity contribution in [2.75, 3.05) is 13.2 Å². The molecule has 0 aliphatic heterocycles. The van der Waals surface area contributed by atoms with E-state index in [4.69, 9.17) is 4.74 Å². The highest BCUT2D eigenvalue weighted by molar-refractivity contribution is 5.86. The number of hydrogen-bond donors (Lipinski definition) is 1. The Morgan fingerprint density at radius 3 is 2.19 bits per heavy atom. The van der Waals surface area contributed by atoms with Gasteiger partial charge in [-0.25, -0.2) is 4.79 Å². The van der Waals surface area contributed by atoms with Gasteiger partial charge in [0.1, 0.15) is 0 Å². The molecule has 3 nitrogen and oxygen atoms in total. The molecule has 3 rings (SSSR count). The van der Waals surface area contributed by atoms with Crippen molar-refractivity contribution in [2.24, 2.45) is 0 Å². The minimum atomic E-state index is -0.361. The van der Waals surface area contributed by atoms with Crippen molar-refractivity contribution in [3.63, 3.8) is 0 Å². The van der Waals surface area contributed by atoms with Gasteiger partial charge < -0.3 is 9.84 Å². The summed E-state index contributed by atoms with van der Waals surface area (Å²) in [6, 6.07) is 21.6. The Bertz CT molecular complexity index is 1090. The Balaban J connectivity index is 1.86. The van der Waals surface area contributed by atoms with E-state index in [1.54, 1.807) is 6.92 Å². The summed E-state index contributed by atoms with van der Waals surface area (Å²) in [6.45, 7) is 10.00. The van der Waals surface area contributed by atoms with E-state index in [9.17, 15) is 9.90 Å². The number of ether oxygens (including phenoxy) is 1. The molecular weight excluding hydrogens is 396 g/mol. The smallest absolute Gasteiger partial charge is 0.333 e. The standard InChI is InChI=1S/C29H32O3/c1-20(2)29(31)32-17-15-27-19-26(12-11-23(27)6-5-16-30)25-13-14-28(22(4)18-25)24-9-7-21(3)8-10-24/h7-14,18-19,30H,1,5-6,15-17H2,2-4H3. The summed E-state index contributed by atoms with van der Waals surface area (Å²) in [5.74, 6) is -0.361. The number of aliphatic hydroxyl groups excluding tert-OH is 1. The van der Waals surface area contributed by atoms with Gasteiger partial charge in [0.05, 0.1) is 6.61 Å². The molecule has 3 aromatic rings. The maximum Gasteiger partial charge on any atom is 0.333 e. The van der Waals surface area contributed by atoms with Crippen molar-refractivity contribution < 1.29 is 14.6 Å². The molecule has 166 valence electrons. The molecule has 3 aromatic carbocycles. The van der Waals surface area contributed by atoms with Crippen LogP contribution in [0, 0.1) is 13.8 Å². The van der Waals surface area contributed by atoms with Gasteiger partial charge in [0.15, 0.2) is 0 Å². The number of aliphatic hydroxyl groups is 1. The molecule has 0 spiro atoms. The van der Waals surface area contributed by atoms with Gasteiger partial charge in [0, 0.05) is 18.6 Å². The van der Waals surface area contributed by atoms with Crippen molar-refractivity contribution in [3.8, 4) is 22.3 Å². The van der Waals surface area contributed by atoms with Crippen LogP contribution in [0.15, 0.2) is 72.8 Å². The summed E-state index contributed by atoms with van der Waals surface area (Å²) in [6.07, 6.45) is 2.14. The summed E-state index contributed by atoms with van der Waals surface area (Å²) in [7, 11) is 0.